The van der Waals surface area contributed by atoms with Crippen molar-refractivity contribution in [3.63, 3.8) is 0 Å². The number of amides is 1. The molecule has 2 heterocycles. The van der Waals surface area contributed by atoms with Gasteiger partial charge in [-0.25, -0.2) is 23.5 Å². The van der Waals surface area contributed by atoms with Gasteiger partial charge < -0.3 is 29.5 Å². The highest BCUT2D eigenvalue weighted by Gasteiger charge is 2.19. The second-order valence-corrected chi connectivity index (χ2v) is 9.01. The van der Waals surface area contributed by atoms with E-state index in [1.165, 1.54) is 28.9 Å². The number of esters is 1. The van der Waals surface area contributed by atoms with Crippen LogP contribution < -0.4 is 15.0 Å². The number of ether oxygens (including phenoxy) is 3. The first-order valence-corrected chi connectivity index (χ1v) is 11.9. The number of aliphatic hydroxyl groups excluding tert-OH is 1. The maximum Gasteiger partial charge on any atom is 0.407 e. The molecule has 200 valence electrons. The predicted octanol–water partition coefficient (Wildman–Crippen LogP) is 2.95. The van der Waals surface area contributed by atoms with Gasteiger partial charge in [-0.1, -0.05) is 0 Å². The molecule has 3 rings (SSSR count). The summed E-state index contributed by atoms with van der Waals surface area (Å²) in [6, 6.07) is 5.79. The summed E-state index contributed by atoms with van der Waals surface area (Å²) < 4.78 is 31.7. The minimum absolute atomic E-state index is 0.126. The quantitative estimate of drug-likeness (QED) is 0.291. The number of hydrogen-bond acceptors (Lipinski definition) is 9. The van der Waals surface area contributed by atoms with Crippen molar-refractivity contribution in [3.05, 3.63) is 53.6 Å². The van der Waals surface area contributed by atoms with Gasteiger partial charge in [-0.15, -0.1) is 0 Å². The van der Waals surface area contributed by atoms with Crippen molar-refractivity contribution in [2.75, 3.05) is 37.8 Å². The summed E-state index contributed by atoms with van der Waals surface area (Å²) in [5, 5.41) is 16.4. The molecule has 0 saturated carbocycles. The summed E-state index contributed by atoms with van der Waals surface area (Å²) in [5.41, 5.74) is 0.394. The van der Waals surface area contributed by atoms with Crippen LogP contribution in [-0.2, 0) is 16.0 Å². The maximum atomic E-state index is 14.1. The number of carbonyl (C=O) groups excluding carboxylic acids is 2. The lowest BCUT2D eigenvalue weighted by Gasteiger charge is -2.24. The van der Waals surface area contributed by atoms with Crippen molar-refractivity contribution in [1.82, 2.24) is 19.9 Å². The highest BCUT2D eigenvalue weighted by molar-refractivity contribution is 5.95. The minimum atomic E-state index is -0.615. The first kappa shape index (κ1) is 27.7. The van der Waals surface area contributed by atoms with Crippen LogP contribution in [0.5, 0.6) is 5.75 Å². The molecule has 1 amide bonds. The van der Waals surface area contributed by atoms with Gasteiger partial charge in [0.15, 0.2) is 5.65 Å². The number of carbonyl (C=O) groups is 2. The van der Waals surface area contributed by atoms with Gasteiger partial charge in [0.2, 0.25) is 0 Å². The largest absolute Gasteiger partial charge is 0.491 e. The third-order valence-electron chi connectivity index (χ3n) is 4.96. The Labute approximate surface area is 214 Å². The van der Waals surface area contributed by atoms with Crippen LogP contribution in [-0.4, -0.2) is 70.3 Å². The topological polar surface area (TPSA) is 128 Å². The number of halogens is 1. The van der Waals surface area contributed by atoms with Crippen LogP contribution in [0.3, 0.4) is 0 Å². The zero-order valence-corrected chi connectivity index (χ0v) is 21.4. The van der Waals surface area contributed by atoms with Crippen molar-refractivity contribution in [2.24, 2.45) is 0 Å². The average Bonchev–Trinajstić information content (AvgIpc) is 3.25. The molecule has 0 aliphatic heterocycles. The molecule has 11 nitrogen and oxygen atoms in total. The van der Waals surface area contributed by atoms with E-state index in [9.17, 15) is 19.1 Å². The summed E-state index contributed by atoms with van der Waals surface area (Å²) in [6.07, 6.45) is 2.45. The van der Waals surface area contributed by atoms with Crippen molar-refractivity contribution in [3.8, 4) is 5.75 Å². The number of rotatable bonds is 11. The number of fused-ring (bicyclic) bond motifs is 1. The van der Waals surface area contributed by atoms with Crippen molar-refractivity contribution in [2.45, 2.75) is 39.8 Å². The fourth-order valence-corrected chi connectivity index (χ4v) is 3.43. The van der Waals surface area contributed by atoms with Gasteiger partial charge >= 0.3 is 12.1 Å². The Morgan fingerprint density at radius 3 is 2.73 bits per heavy atom. The lowest BCUT2D eigenvalue weighted by atomic mass is 10.1. The van der Waals surface area contributed by atoms with Crippen LogP contribution in [0.15, 0.2) is 36.7 Å². The molecule has 0 fully saturated rings. The minimum Gasteiger partial charge on any atom is -0.491 e. The zero-order chi connectivity index (χ0) is 27.0. The summed E-state index contributed by atoms with van der Waals surface area (Å²) >= 11 is 0. The number of aliphatic hydroxyl groups is 1. The Morgan fingerprint density at radius 1 is 1.24 bits per heavy atom. The molecule has 2 N–H and O–H groups in total. The Balaban J connectivity index is 1.77. The Kier molecular flexibility index (Phi) is 9.23. The van der Waals surface area contributed by atoms with Gasteiger partial charge in [0.25, 0.3) is 0 Å². The third kappa shape index (κ3) is 7.78. The molecule has 37 heavy (non-hydrogen) atoms. The van der Waals surface area contributed by atoms with Crippen molar-refractivity contribution < 1.29 is 33.3 Å². The van der Waals surface area contributed by atoms with Gasteiger partial charge in [-0.2, -0.15) is 5.10 Å². The van der Waals surface area contributed by atoms with E-state index < -0.39 is 23.5 Å². The number of alkyl carbamates (subject to hydrolysis) is 1. The highest BCUT2D eigenvalue weighted by Crippen LogP contribution is 2.24. The number of anilines is 1. The Bertz CT molecular complexity index is 1230. The summed E-state index contributed by atoms with van der Waals surface area (Å²) in [6.45, 7) is 7.67. The molecule has 3 aromatic rings. The second-order valence-electron chi connectivity index (χ2n) is 9.01. The maximum absolute atomic E-state index is 14.1. The molecule has 2 aromatic heterocycles. The summed E-state index contributed by atoms with van der Waals surface area (Å²) in [4.78, 5) is 30.4. The number of nitrogens with one attached hydrogen (secondary N) is 1. The molecule has 0 aliphatic rings. The number of aromatic nitrogens is 3. The van der Waals surface area contributed by atoms with Crippen LogP contribution in [0.25, 0.3) is 5.65 Å². The van der Waals surface area contributed by atoms with Crippen LogP contribution in [0, 0.1) is 5.82 Å². The molecule has 0 spiro atoms. The van der Waals surface area contributed by atoms with E-state index in [-0.39, 0.29) is 45.0 Å². The van der Waals surface area contributed by atoms with Gasteiger partial charge in [-0.3, -0.25) is 0 Å². The van der Waals surface area contributed by atoms with E-state index in [1.54, 1.807) is 44.9 Å². The van der Waals surface area contributed by atoms with E-state index >= 15 is 0 Å². The van der Waals surface area contributed by atoms with Crippen LogP contribution in [0.4, 0.5) is 15.0 Å². The van der Waals surface area contributed by atoms with E-state index in [1.807, 2.05) is 0 Å². The fraction of sp³-hybridized carbons (Fsp3) is 0.440. The van der Waals surface area contributed by atoms with Crippen molar-refractivity contribution >= 4 is 23.5 Å². The van der Waals surface area contributed by atoms with E-state index in [0.29, 0.717) is 22.8 Å². The van der Waals surface area contributed by atoms with Crippen molar-refractivity contribution in [1.29, 1.82) is 0 Å². The van der Waals surface area contributed by atoms with Gasteiger partial charge in [-0.05, 0) is 52.0 Å². The van der Waals surface area contributed by atoms with Gasteiger partial charge in [0.1, 0.15) is 35.2 Å². The molecule has 0 bridgehead atoms. The summed E-state index contributed by atoms with van der Waals surface area (Å²) in [5.74, 6) is -0.152. The Morgan fingerprint density at radius 2 is 2.03 bits per heavy atom. The molecule has 0 saturated heterocycles. The fourth-order valence-electron chi connectivity index (χ4n) is 3.43. The predicted molar refractivity (Wildman–Crippen MR) is 133 cm³/mol. The molecule has 0 aliphatic carbocycles. The first-order valence-electron chi connectivity index (χ1n) is 11.9. The van der Waals surface area contributed by atoms with Crippen LogP contribution in [0.2, 0.25) is 0 Å². The number of benzene rings is 1. The smallest absolute Gasteiger partial charge is 0.407 e. The number of nitrogens with zero attached hydrogens (tertiary/aromatic N) is 4. The lowest BCUT2D eigenvalue weighted by Crippen LogP contribution is -2.34. The normalized spacial score (nSPS) is 11.3. The highest BCUT2D eigenvalue weighted by atomic mass is 19.1. The SMILES string of the molecule is CCOC(=O)c1cnn2ccc(N(CCO)Cc3cc(F)ccc3OCCNC(=O)OC(C)(C)C)nc12. The molecule has 1 aromatic carbocycles. The van der Waals surface area contributed by atoms with E-state index in [4.69, 9.17) is 14.2 Å². The van der Waals surface area contributed by atoms with Crippen LogP contribution >= 0.6 is 0 Å². The zero-order valence-electron chi connectivity index (χ0n) is 21.4. The average molecular weight is 518 g/mol. The molecule has 0 atom stereocenters. The number of hydrogen-bond donors (Lipinski definition) is 2. The summed E-state index contributed by atoms with van der Waals surface area (Å²) in [7, 11) is 0. The standard InChI is InChI=1S/C25H32FN5O6/c1-5-35-23(33)19-15-28-31-10-8-21(29-22(19)31)30(11-12-32)16-17-14-18(26)6-7-20(17)36-13-9-27-24(34)37-25(2,3)4/h6-8,10,14-15,32H,5,9,11-13,16H2,1-4H3,(H,27,34). The molecule has 12 heteroatoms. The third-order valence-corrected chi connectivity index (χ3v) is 4.96. The lowest BCUT2D eigenvalue weighted by molar-refractivity contribution is 0.0513. The Hall–Kier alpha value is -3.93. The molecular weight excluding hydrogens is 485 g/mol. The molecular formula is C25H32FN5O6. The monoisotopic (exact) mass is 517 g/mol. The molecule has 0 radical (unpaired) electrons. The molecule has 0 unspecified atom stereocenters. The van der Waals surface area contributed by atoms with Gasteiger partial charge in [0, 0.05) is 24.8 Å². The van der Waals surface area contributed by atoms with Crippen LogP contribution in [0.1, 0.15) is 43.6 Å². The second kappa shape index (κ2) is 12.3. The van der Waals surface area contributed by atoms with E-state index in [2.05, 4.69) is 15.4 Å². The van der Waals surface area contributed by atoms with E-state index in [0.717, 1.165) is 0 Å². The van der Waals surface area contributed by atoms with Gasteiger partial charge in [0.05, 0.1) is 26.0 Å². The first-order chi connectivity index (χ1) is 17.6.